The highest BCUT2D eigenvalue weighted by molar-refractivity contribution is 8.18. The minimum Gasteiger partial charge on any atom is -0.490 e. The first kappa shape index (κ1) is 19.8. The summed E-state index contributed by atoms with van der Waals surface area (Å²) in [6, 6.07) is 14.9. The van der Waals surface area contributed by atoms with Crippen molar-refractivity contribution < 1.29 is 19.1 Å². The molecule has 0 bridgehead atoms. The van der Waals surface area contributed by atoms with Crippen LogP contribution in [0.3, 0.4) is 0 Å². The second kappa shape index (κ2) is 9.28. The van der Waals surface area contributed by atoms with Crippen LogP contribution < -0.4 is 9.47 Å². The van der Waals surface area contributed by atoms with Gasteiger partial charge in [-0.05, 0) is 48.0 Å². The fourth-order valence-corrected chi connectivity index (χ4v) is 3.54. The zero-order valence-electron chi connectivity index (χ0n) is 15.6. The number of benzene rings is 2. The topological polar surface area (TPSA) is 55.8 Å². The van der Waals surface area contributed by atoms with Gasteiger partial charge in [0.15, 0.2) is 11.5 Å². The van der Waals surface area contributed by atoms with Crippen LogP contribution in [0.1, 0.15) is 18.1 Å². The maximum Gasteiger partial charge on any atom is 0.293 e. The average Bonchev–Trinajstić information content (AvgIpc) is 2.96. The van der Waals surface area contributed by atoms with Crippen molar-refractivity contribution >= 4 is 29.0 Å². The van der Waals surface area contributed by atoms with E-state index in [1.807, 2.05) is 43.3 Å². The number of carbonyl (C=O) groups is 2. The molecule has 6 heteroatoms. The van der Waals surface area contributed by atoms with Gasteiger partial charge in [0.1, 0.15) is 6.61 Å². The van der Waals surface area contributed by atoms with Crippen LogP contribution in [-0.4, -0.2) is 29.3 Å². The SMILES string of the molecule is C=CCOc1ccc(C=C2SC(=O)N(Cc3ccccc3)C2=O)cc1OCC. The van der Waals surface area contributed by atoms with Gasteiger partial charge in [0, 0.05) is 0 Å². The molecule has 1 aliphatic heterocycles. The van der Waals surface area contributed by atoms with Crippen molar-refractivity contribution in [3.8, 4) is 11.5 Å². The quantitative estimate of drug-likeness (QED) is 0.471. The highest BCUT2D eigenvalue weighted by Crippen LogP contribution is 2.35. The summed E-state index contributed by atoms with van der Waals surface area (Å²) in [5.41, 5.74) is 1.67. The lowest BCUT2D eigenvalue weighted by atomic mass is 10.1. The van der Waals surface area contributed by atoms with E-state index in [1.54, 1.807) is 24.3 Å². The highest BCUT2D eigenvalue weighted by atomic mass is 32.2. The minimum atomic E-state index is -0.288. The normalized spacial score (nSPS) is 15.2. The second-order valence-corrected chi connectivity index (χ2v) is 6.99. The fraction of sp³-hybridized carbons (Fsp3) is 0.182. The average molecular weight is 395 g/mol. The van der Waals surface area contributed by atoms with E-state index in [2.05, 4.69) is 6.58 Å². The number of imide groups is 1. The van der Waals surface area contributed by atoms with E-state index >= 15 is 0 Å². The van der Waals surface area contributed by atoms with Crippen molar-refractivity contribution in [2.75, 3.05) is 13.2 Å². The molecule has 0 aromatic heterocycles. The summed E-state index contributed by atoms with van der Waals surface area (Å²) in [6.45, 7) is 6.65. The van der Waals surface area contributed by atoms with Crippen molar-refractivity contribution in [1.82, 2.24) is 4.90 Å². The third-order valence-corrected chi connectivity index (χ3v) is 4.89. The Kier molecular flexibility index (Phi) is 6.55. The number of amides is 2. The predicted molar refractivity (Wildman–Crippen MR) is 111 cm³/mol. The van der Waals surface area contributed by atoms with Gasteiger partial charge < -0.3 is 9.47 Å². The van der Waals surface area contributed by atoms with E-state index < -0.39 is 0 Å². The van der Waals surface area contributed by atoms with Gasteiger partial charge >= 0.3 is 0 Å². The largest absolute Gasteiger partial charge is 0.490 e. The lowest BCUT2D eigenvalue weighted by Crippen LogP contribution is -2.27. The van der Waals surface area contributed by atoms with Crippen LogP contribution >= 0.6 is 11.8 Å². The first-order valence-electron chi connectivity index (χ1n) is 8.92. The minimum absolute atomic E-state index is 0.265. The van der Waals surface area contributed by atoms with Crippen molar-refractivity contribution in [2.45, 2.75) is 13.5 Å². The first-order valence-corrected chi connectivity index (χ1v) is 9.74. The standard InChI is InChI=1S/C22H21NO4S/c1-3-12-27-18-11-10-17(13-19(18)26-4-2)14-20-21(24)23(22(25)28-20)15-16-8-6-5-7-9-16/h3,5-11,13-14H,1,4,12,15H2,2H3. The molecule has 0 N–H and O–H groups in total. The molecule has 1 saturated heterocycles. The number of hydrogen-bond acceptors (Lipinski definition) is 5. The molecule has 2 amide bonds. The number of rotatable bonds is 8. The van der Waals surface area contributed by atoms with Gasteiger partial charge in [-0.2, -0.15) is 0 Å². The molecular formula is C22H21NO4S. The van der Waals surface area contributed by atoms with Crippen LogP contribution in [0.4, 0.5) is 4.79 Å². The molecule has 1 aliphatic rings. The molecule has 1 heterocycles. The van der Waals surface area contributed by atoms with Crippen molar-refractivity contribution in [3.63, 3.8) is 0 Å². The third-order valence-electron chi connectivity index (χ3n) is 3.98. The summed E-state index contributed by atoms with van der Waals surface area (Å²) in [4.78, 5) is 26.6. The molecule has 0 aliphatic carbocycles. The molecule has 28 heavy (non-hydrogen) atoms. The van der Waals surface area contributed by atoms with Gasteiger partial charge in [-0.15, -0.1) is 0 Å². The van der Waals surface area contributed by atoms with Crippen LogP contribution in [0.15, 0.2) is 66.1 Å². The van der Waals surface area contributed by atoms with E-state index in [4.69, 9.17) is 9.47 Å². The van der Waals surface area contributed by atoms with Crippen LogP contribution in [0.5, 0.6) is 11.5 Å². The highest BCUT2D eigenvalue weighted by Gasteiger charge is 2.34. The van der Waals surface area contributed by atoms with Gasteiger partial charge in [0.05, 0.1) is 18.1 Å². The molecule has 0 unspecified atom stereocenters. The second-order valence-electron chi connectivity index (χ2n) is 5.99. The van der Waals surface area contributed by atoms with Gasteiger partial charge in [-0.1, -0.05) is 49.1 Å². The molecule has 0 spiro atoms. The van der Waals surface area contributed by atoms with Gasteiger partial charge in [-0.25, -0.2) is 0 Å². The Hall–Kier alpha value is -2.99. The third kappa shape index (κ3) is 4.64. The Bertz CT molecular complexity index is 908. The maximum absolute atomic E-state index is 12.7. The summed E-state index contributed by atoms with van der Waals surface area (Å²) in [5.74, 6) is 0.904. The molecule has 0 atom stereocenters. The summed E-state index contributed by atoms with van der Waals surface area (Å²) < 4.78 is 11.2. The van der Waals surface area contributed by atoms with E-state index in [0.717, 1.165) is 22.9 Å². The lowest BCUT2D eigenvalue weighted by Gasteiger charge is -2.12. The number of nitrogens with zero attached hydrogens (tertiary/aromatic N) is 1. The Morgan fingerprint density at radius 3 is 2.57 bits per heavy atom. The van der Waals surface area contributed by atoms with Gasteiger partial charge in [-0.3, -0.25) is 14.5 Å². The number of thioether (sulfide) groups is 1. The molecule has 3 rings (SSSR count). The summed E-state index contributed by atoms with van der Waals surface area (Å²) >= 11 is 0.946. The van der Waals surface area contributed by atoms with Crippen LogP contribution in [-0.2, 0) is 11.3 Å². The zero-order valence-corrected chi connectivity index (χ0v) is 16.4. The molecule has 5 nitrogen and oxygen atoms in total. The van der Waals surface area contributed by atoms with E-state index in [0.29, 0.717) is 29.6 Å². The van der Waals surface area contributed by atoms with Crippen molar-refractivity contribution in [1.29, 1.82) is 0 Å². The molecule has 2 aromatic carbocycles. The van der Waals surface area contributed by atoms with Gasteiger partial charge in [0.25, 0.3) is 11.1 Å². The predicted octanol–water partition coefficient (Wildman–Crippen LogP) is 4.89. The summed E-state index contributed by atoms with van der Waals surface area (Å²) in [5, 5.41) is -0.268. The molecule has 0 radical (unpaired) electrons. The molecular weight excluding hydrogens is 374 g/mol. The first-order chi connectivity index (χ1) is 13.6. The Morgan fingerprint density at radius 1 is 1.07 bits per heavy atom. The maximum atomic E-state index is 12.7. The number of ether oxygens (including phenoxy) is 2. The van der Waals surface area contributed by atoms with E-state index in [9.17, 15) is 9.59 Å². The Labute approximate surface area is 168 Å². The number of carbonyl (C=O) groups excluding carboxylic acids is 2. The summed E-state index contributed by atoms with van der Waals surface area (Å²) in [7, 11) is 0. The van der Waals surface area contributed by atoms with Crippen LogP contribution in [0.2, 0.25) is 0 Å². The van der Waals surface area contributed by atoms with E-state index in [1.165, 1.54) is 4.90 Å². The zero-order chi connectivity index (χ0) is 19.9. The molecule has 144 valence electrons. The number of hydrogen-bond donors (Lipinski definition) is 0. The Balaban J connectivity index is 1.81. The molecule has 2 aromatic rings. The smallest absolute Gasteiger partial charge is 0.293 e. The van der Waals surface area contributed by atoms with Crippen LogP contribution in [0, 0.1) is 0 Å². The monoisotopic (exact) mass is 395 g/mol. The van der Waals surface area contributed by atoms with E-state index in [-0.39, 0.29) is 17.7 Å². The Morgan fingerprint density at radius 2 is 1.86 bits per heavy atom. The molecule has 0 saturated carbocycles. The summed E-state index contributed by atoms with van der Waals surface area (Å²) in [6.07, 6.45) is 3.36. The van der Waals surface area contributed by atoms with Crippen molar-refractivity contribution in [2.24, 2.45) is 0 Å². The lowest BCUT2D eigenvalue weighted by molar-refractivity contribution is -0.123. The van der Waals surface area contributed by atoms with Gasteiger partial charge in [0.2, 0.25) is 0 Å². The fourth-order valence-electron chi connectivity index (χ4n) is 2.70. The van der Waals surface area contributed by atoms with Crippen molar-refractivity contribution in [3.05, 3.63) is 77.2 Å². The molecule has 1 fully saturated rings. The van der Waals surface area contributed by atoms with Crippen LogP contribution in [0.25, 0.3) is 6.08 Å².